The second-order valence-electron chi connectivity index (χ2n) is 4.04. The normalized spacial score (nSPS) is 12.2. The van der Waals surface area contributed by atoms with Crippen LogP contribution in [0.15, 0.2) is 30.5 Å². The van der Waals surface area contributed by atoms with E-state index in [0.29, 0.717) is 11.6 Å². The zero-order chi connectivity index (χ0) is 13.8. The molecular formula is C13H12ClFN2OS. The van der Waals surface area contributed by atoms with Crippen molar-refractivity contribution >= 4 is 34.0 Å². The van der Waals surface area contributed by atoms with Gasteiger partial charge in [-0.1, -0.05) is 12.1 Å². The van der Waals surface area contributed by atoms with Crippen LogP contribution in [0.3, 0.4) is 0 Å². The molecule has 0 radical (unpaired) electrons. The Morgan fingerprint density at radius 2 is 2.16 bits per heavy atom. The number of anilines is 1. The van der Waals surface area contributed by atoms with Crippen LogP contribution in [0.25, 0.3) is 0 Å². The van der Waals surface area contributed by atoms with Crippen molar-refractivity contribution in [2.24, 2.45) is 0 Å². The van der Waals surface area contributed by atoms with Crippen LogP contribution in [0.1, 0.15) is 17.4 Å². The van der Waals surface area contributed by atoms with Gasteiger partial charge in [0.1, 0.15) is 11.2 Å². The van der Waals surface area contributed by atoms with E-state index in [1.165, 1.54) is 23.5 Å². The van der Waals surface area contributed by atoms with Gasteiger partial charge in [0, 0.05) is 17.5 Å². The molecule has 1 unspecified atom stereocenters. The van der Waals surface area contributed by atoms with E-state index in [-0.39, 0.29) is 11.7 Å². The highest BCUT2D eigenvalue weighted by atomic mass is 35.5. The number of carbonyl (C=O) groups excluding carboxylic acids is 1. The summed E-state index contributed by atoms with van der Waals surface area (Å²) < 4.78 is 12.8. The first kappa shape index (κ1) is 14.0. The number of alkyl halides is 1. The van der Waals surface area contributed by atoms with Crippen LogP contribution in [0.4, 0.5) is 9.52 Å². The van der Waals surface area contributed by atoms with Gasteiger partial charge in [-0.15, -0.1) is 22.9 Å². The van der Waals surface area contributed by atoms with Gasteiger partial charge in [-0.3, -0.25) is 4.79 Å². The van der Waals surface area contributed by atoms with E-state index < -0.39 is 5.38 Å². The van der Waals surface area contributed by atoms with Crippen LogP contribution >= 0.6 is 22.9 Å². The molecule has 3 nitrogen and oxygen atoms in total. The van der Waals surface area contributed by atoms with Crippen molar-refractivity contribution in [3.05, 3.63) is 46.7 Å². The fourth-order valence-electron chi connectivity index (χ4n) is 1.46. The molecular weight excluding hydrogens is 287 g/mol. The summed E-state index contributed by atoms with van der Waals surface area (Å²) in [5.41, 5.74) is 0.994. The predicted octanol–water partition coefficient (Wildman–Crippen LogP) is 3.44. The Morgan fingerprint density at radius 1 is 1.47 bits per heavy atom. The number of hydrogen-bond donors (Lipinski definition) is 1. The lowest BCUT2D eigenvalue weighted by molar-refractivity contribution is -0.115. The maximum atomic E-state index is 12.8. The lowest BCUT2D eigenvalue weighted by Gasteiger charge is -2.01. The van der Waals surface area contributed by atoms with Gasteiger partial charge in [-0.05, 0) is 24.6 Å². The number of hydrogen-bond acceptors (Lipinski definition) is 3. The average molecular weight is 299 g/mol. The Labute approximate surface area is 119 Å². The first-order chi connectivity index (χ1) is 9.04. The molecule has 0 aliphatic rings. The largest absolute Gasteiger partial charge is 0.301 e. The monoisotopic (exact) mass is 298 g/mol. The SMILES string of the molecule is CC(Cl)C(=O)Nc1ncc(Cc2ccc(F)cc2)s1. The summed E-state index contributed by atoms with van der Waals surface area (Å²) in [5.74, 6) is -0.526. The predicted molar refractivity (Wildman–Crippen MR) is 75.3 cm³/mol. The van der Waals surface area contributed by atoms with E-state index in [1.807, 2.05) is 0 Å². The van der Waals surface area contributed by atoms with Crippen molar-refractivity contribution in [3.8, 4) is 0 Å². The molecule has 0 spiro atoms. The number of thiazole rings is 1. The first-order valence-corrected chi connectivity index (χ1v) is 6.94. The molecule has 0 fully saturated rings. The van der Waals surface area contributed by atoms with Gasteiger partial charge in [0.2, 0.25) is 5.91 Å². The van der Waals surface area contributed by atoms with Crippen molar-refractivity contribution in [3.63, 3.8) is 0 Å². The number of benzene rings is 1. The Bertz CT molecular complexity index is 568. The second kappa shape index (κ2) is 6.12. The highest BCUT2D eigenvalue weighted by Gasteiger charge is 2.11. The first-order valence-electron chi connectivity index (χ1n) is 5.68. The summed E-state index contributed by atoms with van der Waals surface area (Å²) in [6.07, 6.45) is 2.35. The molecule has 0 bridgehead atoms. The molecule has 19 heavy (non-hydrogen) atoms. The molecule has 2 aromatic rings. The topological polar surface area (TPSA) is 42.0 Å². The molecule has 1 heterocycles. The molecule has 0 saturated carbocycles. The third-order valence-corrected chi connectivity index (χ3v) is 3.55. The molecule has 0 saturated heterocycles. The molecule has 100 valence electrons. The minimum absolute atomic E-state index is 0.253. The summed E-state index contributed by atoms with van der Waals surface area (Å²) in [6.45, 7) is 1.60. The van der Waals surface area contributed by atoms with Gasteiger partial charge in [-0.2, -0.15) is 0 Å². The van der Waals surface area contributed by atoms with E-state index in [0.717, 1.165) is 10.4 Å². The van der Waals surface area contributed by atoms with E-state index in [2.05, 4.69) is 10.3 Å². The molecule has 1 aromatic heterocycles. The molecule has 1 N–H and O–H groups in total. The molecule has 2 rings (SSSR count). The lowest BCUT2D eigenvalue weighted by Crippen LogP contribution is -2.19. The molecule has 1 atom stereocenters. The van der Waals surface area contributed by atoms with E-state index in [1.54, 1.807) is 25.3 Å². The van der Waals surface area contributed by atoms with Gasteiger partial charge in [-0.25, -0.2) is 9.37 Å². The third-order valence-electron chi connectivity index (χ3n) is 2.44. The number of rotatable bonds is 4. The minimum atomic E-state index is -0.593. The molecule has 1 aromatic carbocycles. The van der Waals surface area contributed by atoms with Crippen molar-refractivity contribution in [1.82, 2.24) is 4.98 Å². The van der Waals surface area contributed by atoms with Crippen molar-refractivity contribution in [2.45, 2.75) is 18.7 Å². The van der Waals surface area contributed by atoms with Crippen molar-refractivity contribution in [2.75, 3.05) is 5.32 Å². The van der Waals surface area contributed by atoms with E-state index in [9.17, 15) is 9.18 Å². The Hall–Kier alpha value is -1.46. The summed E-state index contributed by atoms with van der Waals surface area (Å²) in [4.78, 5) is 16.5. The Balaban J connectivity index is 2.01. The number of aromatic nitrogens is 1. The van der Waals surface area contributed by atoms with Crippen LogP contribution < -0.4 is 5.32 Å². The second-order valence-corrected chi connectivity index (χ2v) is 5.81. The Morgan fingerprint density at radius 3 is 2.79 bits per heavy atom. The highest BCUT2D eigenvalue weighted by Crippen LogP contribution is 2.21. The number of carbonyl (C=O) groups is 1. The summed E-state index contributed by atoms with van der Waals surface area (Å²) in [7, 11) is 0. The van der Waals surface area contributed by atoms with Gasteiger partial charge in [0.05, 0.1) is 0 Å². The van der Waals surface area contributed by atoms with Crippen LogP contribution in [-0.4, -0.2) is 16.3 Å². The van der Waals surface area contributed by atoms with Gasteiger partial charge in [0.15, 0.2) is 5.13 Å². The van der Waals surface area contributed by atoms with Gasteiger partial charge in [0.25, 0.3) is 0 Å². The number of nitrogens with one attached hydrogen (secondary N) is 1. The van der Waals surface area contributed by atoms with Crippen LogP contribution in [0.5, 0.6) is 0 Å². The van der Waals surface area contributed by atoms with Gasteiger partial charge >= 0.3 is 0 Å². The van der Waals surface area contributed by atoms with Gasteiger partial charge < -0.3 is 5.32 Å². The molecule has 0 aliphatic carbocycles. The fraction of sp³-hybridized carbons (Fsp3) is 0.231. The van der Waals surface area contributed by atoms with E-state index >= 15 is 0 Å². The molecule has 6 heteroatoms. The summed E-state index contributed by atoms with van der Waals surface area (Å²) in [5, 5.41) is 2.56. The highest BCUT2D eigenvalue weighted by molar-refractivity contribution is 7.15. The Kier molecular flexibility index (Phi) is 4.50. The standard InChI is InChI=1S/C13H12ClFN2OS/c1-8(14)12(18)17-13-16-7-11(19-13)6-9-2-4-10(15)5-3-9/h2-5,7-8H,6H2,1H3,(H,16,17,18). The maximum Gasteiger partial charge on any atom is 0.243 e. The van der Waals surface area contributed by atoms with Crippen LogP contribution in [-0.2, 0) is 11.2 Å². The van der Waals surface area contributed by atoms with Crippen LogP contribution in [0.2, 0.25) is 0 Å². The fourth-order valence-corrected chi connectivity index (χ4v) is 2.36. The zero-order valence-electron chi connectivity index (χ0n) is 10.2. The molecule has 0 aliphatic heterocycles. The molecule has 1 amide bonds. The number of nitrogens with zero attached hydrogens (tertiary/aromatic N) is 1. The van der Waals surface area contributed by atoms with E-state index in [4.69, 9.17) is 11.6 Å². The summed E-state index contributed by atoms with van der Waals surface area (Å²) >= 11 is 7.04. The average Bonchev–Trinajstić information content (AvgIpc) is 2.79. The number of amides is 1. The quantitative estimate of drug-likeness (QED) is 0.879. The lowest BCUT2D eigenvalue weighted by atomic mass is 10.1. The van der Waals surface area contributed by atoms with Crippen molar-refractivity contribution in [1.29, 1.82) is 0 Å². The van der Waals surface area contributed by atoms with Crippen molar-refractivity contribution < 1.29 is 9.18 Å². The minimum Gasteiger partial charge on any atom is -0.301 e. The summed E-state index contributed by atoms with van der Waals surface area (Å²) in [6, 6.07) is 6.31. The smallest absolute Gasteiger partial charge is 0.243 e. The van der Waals surface area contributed by atoms with Crippen LogP contribution in [0, 0.1) is 5.82 Å². The zero-order valence-corrected chi connectivity index (χ0v) is 11.8. The number of halogens is 2. The third kappa shape index (κ3) is 4.01. The maximum absolute atomic E-state index is 12.8.